The lowest BCUT2D eigenvalue weighted by Gasteiger charge is -2.13. The summed E-state index contributed by atoms with van der Waals surface area (Å²) in [5.74, 6) is 3.30. The minimum Gasteiger partial charge on any atom is -0.382 e. The third kappa shape index (κ3) is 4.05. The average Bonchev–Trinajstić information content (AvgIpc) is 3.29. The van der Waals surface area contributed by atoms with Gasteiger partial charge in [0.15, 0.2) is 0 Å². The molecule has 0 radical (unpaired) electrons. The first-order chi connectivity index (χ1) is 9.76. The van der Waals surface area contributed by atoms with Crippen LogP contribution < -0.4 is 10.6 Å². The zero-order valence-corrected chi connectivity index (χ0v) is 12.5. The van der Waals surface area contributed by atoms with Gasteiger partial charge in [0.2, 0.25) is 0 Å². The van der Waals surface area contributed by atoms with E-state index in [2.05, 4.69) is 20.6 Å². The predicted molar refractivity (Wildman–Crippen MR) is 79.5 cm³/mol. The number of hydrogen-bond acceptors (Lipinski definition) is 6. The Morgan fingerprint density at radius 3 is 2.55 bits per heavy atom. The first-order valence-electron chi connectivity index (χ1n) is 7.13. The van der Waals surface area contributed by atoms with Gasteiger partial charge in [0.25, 0.3) is 0 Å². The minimum atomic E-state index is 0.543. The van der Waals surface area contributed by atoms with E-state index in [1.54, 1.807) is 7.11 Å². The Morgan fingerprint density at radius 2 is 1.90 bits per heavy atom. The number of nitrogens with one attached hydrogen (secondary N) is 2. The maximum absolute atomic E-state index is 5.44. The van der Waals surface area contributed by atoms with Crippen molar-refractivity contribution in [2.75, 3.05) is 51.2 Å². The molecule has 1 fully saturated rings. The Morgan fingerprint density at radius 1 is 1.15 bits per heavy atom. The number of hydrogen-bond donors (Lipinski definition) is 2. The molecule has 0 spiro atoms. The van der Waals surface area contributed by atoms with E-state index in [1.165, 1.54) is 12.8 Å². The summed E-state index contributed by atoms with van der Waals surface area (Å²) >= 11 is 0. The van der Waals surface area contributed by atoms with E-state index in [4.69, 9.17) is 9.47 Å². The van der Waals surface area contributed by atoms with Crippen molar-refractivity contribution < 1.29 is 9.47 Å². The zero-order valence-electron chi connectivity index (χ0n) is 12.5. The number of nitrogens with zero attached hydrogens (tertiary/aromatic N) is 2. The molecule has 6 nitrogen and oxygen atoms in total. The van der Waals surface area contributed by atoms with Crippen molar-refractivity contribution in [2.24, 2.45) is 0 Å². The van der Waals surface area contributed by atoms with Crippen LogP contribution in [0.15, 0.2) is 0 Å². The van der Waals surface area contributed by atoms with Gasteiger partial charge in [-0.15, -0.1) is 0 Å². The monoisotopic (exact) mass is 280 g/mol. The molecule has 112 valence electrons. The van der Waals surface area contributed by atoms with Crippen LogP contribution in [-0.2, 0) is 9.47 Å². The Hall–Kier alpha value is -1.40. The first-order valence-corrected chi connectivity index (χ1v) is 7.13. The summed E-state index contributed by atoms with van der Waals surface area (Å²) in [4.78, 5) is 9.21. The van der Waals surface area contributed by atoms with E-state index >= 15 is 0 Å². The van der Waals surface area contributed by atoms with E-state index in [-0.39, 0.29) is 0 Å². The van der Waals surface area contributed by atoms with E-state index < -0.39 is 0 Å². The summed E-state index contributed by atoms with van der Waals surface area (Å²) < 4.78 is 10.4. The molecule has 2 rings (SSSR count). The molecule has 1 heterocycles. The van der Waals surface area contributed by atoms with Gasteiger partial charge in [-0.3, -0.25) is 0 Å². The third-order valence-electron chi connectivity index (χ3n) is 3.31. The zero-order chi connectivity index (χ0) is 14.4. The standard InChI is InChI=1S/C14H24N4O2/c1-10-12(15-2)17-14(11-4-5-11)18-13(10)16-6-7-20-9-8-19-3/h11H,4-9H2,1-3H3,(H2,15,16,17,18). The molecule has 0 aromatic carbocycles. The van der Waals surface area contributed by atoms with Crippen LogP contribution in [0, 0.1) is 6.92 Å². The van der Waals surface area contributed by atoms with Gasteiger partial charge in [-0.25, -0.2) is 9.97 Å². The fourth-order valence-electron chi connectivity index (χ4n) is 1.96. The summed E-state index contributed by atoms with van der Waals surface area (Å²) in [6, 6.07) is 0. The number of ether oxygens (including phenoxy) is 2. The maximum atomic E-state index is 5.44. The first kappa shape index (κ1) is 15.0. The molecule has 0 unspecified atom stereocenters. The molecule has 1 saturated carbocycles. The molecule has 1 aliphatic rings. The fourth-order valence-corrected chi connectivity index (χ4v) is 1.96. The molecule has 2 N–H and O–H groups in total. The van der Waals surface area contributed by atoms with Crippen LogP contribution in [0.1, 0.15) is 30.1 Å². The molecule has 0 atom stereocenters. The second-order valence-corrected chi connectivity index (χ2v) is 4.96. The summed E-state index contributed by atoms with van der Waals surface area (Å²) in [7, 11) is 3.56. The van der Waals surface area contributed by atoms with Gasteiger partial charge in [0.05, 0.1) is 19.8 Å². The van der Waals surface area contributed by atoms with Gasteiger partial charge in [-0.05, 0) is 19.8 Å². The van der Waals surface area contributed by atoms with Crippen LogP contribution in [-0.4, -0.2) is 50.5 Å². The topological polar surface area (TPSA) is 68.3 Å². The van der Waals surface area contributed by atoms with Crippen molar-refractivity contribution in [1.82, 2.24) is 9.97 Å². The highest BCUT2D eigenvalue weighted by Crippen LogP contribution is 2.39. The van der Waals surface area contributed by atoms with E-state index in [1.807, 2.05) is 14.0 Å². The van der Waals surface area contributed by atoms with E-state index in [0.29, 0.717) is 25.7 Å². The summed E-state index contributed by atoms with van der Waals surface area (Å²) in [6.45, 7) is 4.64. The normalized spacial score (nSPS) is 14.3. The van der Waals surface area contributed by atoms with Crippen molar-refractivity contribution in [1.29, 1.82) is 0 Å². The summed E-state index contributed by atoms with van der Waals surface area (Å²) in [5.41, 5.74) is 1.05. The molecule has 0 aliphatic heterocycles. The van der Waals surface area contributed by atoms with Crippen molar-refractivity contribution in [3.63, 3.8) is 0 Å². The SMILES string of the molecule is CNc1nc(C2CC2)nc(NCCOCCOC)c1C. The summed E-state index contributed by atoms with van der Waals surface area (Å²) in [6.07, 6.45) is 2.40. The molecule has 20 heavy (non-hydrogen) atoms. The molecule has 1 aromatic heterocycles. The second kappa shape index (κ2) is 7.40. The quantitative estimate of drug-likeness (QED) is 0.672. The van der Waals surface area contributed by atoms with Crippen molar-refractivity contribution in [3.05, 3.63) is 11.4 Å². The lowest BCUT2D eigenvalue weighted by molar-refractivity contribution is 0.0759. The Labute approximate surface area is 120 Å². The Balaban J connectivity index is 1.90. The van der Waals surface area contributed by atoms with Gasteiger partial charge in [-0.1, -0.05) is 0 Å². The van der Waals surface area contributed by atoms with Crippen LogP contribution in [0.2, 0.25) is 0 Å². The molecular formula is C14H24N4O2. The largest absolute Gasteiger partial charge is 0.382 e. The van der Waals surface area contributed by atoms with E-state index in [0.717, 1.165) is 29.6 Å². The highest BCUT2D eigenvalue weighted by atomic mass is 16.5. The predicted octanol–water partition coefficient (Wildman–Crippen LogP) is 1.78. The van der Waals surface area contributed by atoms with Gasteiger partial charge < -0.3 is 20.1 Å². The fraction of sp³-hybridized carbons (Fsp3) is 0.714. The second-order valence-electron chi connectivity index (χ2n) is 4.96. The third-order valence-corrected chi connectivity index (χ3v) is 3.31. The van der Waals surface area contributed by atoms with Crippen LogP contribution in [0.4, 0.5) is 11.6 Å². The van der Waals surface area contributed by atoms with Crippen molar-refractivity contribution >= 4 is 11.6 Å². The van der Waals surface area contributed by atoms with Gasteiger partial charge in [0.1, 0.15) is 17.5 Å². The Kier molecular flexibility index (Phi) is 5.55. The van der Waals surface area contributed by atoms with Crippen LogP contribution in [0.25, 0.3) is 0 Å². The molecule has 0 amide bonds. The summed E-state index contributed by atoms with van der Waals surface area (Å²) in [5, 5.41) is 6.47. The van der Waals surface area contributed by atoms with Gasteiger partial charge in [0, 0.05) is 32.2 Å². The number of aromatic nitrogens is 2. The molecule has 0 bridgehead atoms. The minimum absolute atomic E-state index is 0.543. The smallest absolute Gasteiger partial charge is 0.136 e. The highest BCUT2D eigenvalue weighted by molar-refractivity contribution is 5.57. The lowest BCUT2D eigenvalue weighted by Crippen LogP contribution is -2.15. The molecule has 0 saturated heterocycles. The van der Waals surface area contributed by atoms with Gasteiger partial charge >= 0.3 is 0 Å². The van der Waals surface area contributed by atoms with Gasteiger partial charge in [-0.2, -0.15) is 0 Å². The van der Waals surface area contributed by atoms with E-state index in [9.17, 15) is 0 Å². The molecule has 1 aliphatic carbocycles. The molecular weight excluding hydrogens is 256 g/mol. The van der Waals surface area contributed by atoms with Crippen molar-refractivity contribution in [3.8, 4) is 0 Å². The Bertz CT molecular complexity index is 435. The average molecular weight is 280 g/mol. The maximum Gasteiger partial charge on any atom is 0.136 e. The highest BCUT2D eigenvalue weighted by Gasteiger charge is 2.28. The lowest BCUT2D eigenvalue weighted by atomic mass is 10.2. The van der Waals surface area contributed by atoms with Crippen molar-refractivity contribution in [2.45, 2.75) is 25.7 Å². The molecule has 6 heteroatoms. The van der Waals surface area contributed by atoms with Crippen LogP contribution in [0.5, 0.6) is 0 Å². The molecule has 1 aromatic rings. The number of anilines is 2. The number of rotatable bonds is 9. The van der Waals surface area contributed by atoms with Crippen LogP contribution >= 0.6 is 0 Å². The number of methoxy groups -OCH3 is 1. The van der Waals surface area contributed by atoms with Crippen LogP contribution in [0.3, 0.4) is 0 Å².